The molecule has 0 aliphatic carbocycles. The van der Waals surface area contributed by atoms with Crippen LogP contribution in [0.25, 0.3) is 0 Å². The Morgan fingerprint density at radius 2 is 1.67 bits per heavy atom. The number of hydrogen-bond donors (Lipinski definition) is 0. The van der Waals surface area contributed by atoms with Gasteiger partial charge < -0.3 is 0 Å². The highest BCUT2D eigenvalue weighted by Crippen LogP contribution is 2.20. The predicted molar refractivity (Wildman–Crippen MR) is 26.2 cm³/mol. The van der Waals surface area contributed by atoms with Crippen molar-refractivity contribution in [3.63, 3.8) is 0 Å². The zero-order chi connectivity index (χ0) is 4.62. The summed E-state index contributed by atoms with van der Waals surface area (Å²) in [6.07, 6.45) is 0. The van der Waals surface area contributed by atoms with E-state index in [4.69, 9.17) is 0 Å². The normalized spacial score (nSPS) is 28.7. The lowest BCUT2D eigenvalue weighted by atomic mass is 11.8. The standard InChI is InChI=1S/C2H4O2S2/c3-6(4)1-5-2-6/h1-2H2. The number of sulfone groups is 1. The highest BCUT2D eigenvalue weighted by atomic mass is 32.3. The van der Waals surface area contributed by atoms with Gasteiger partial charge in [-0.1, -0.05) is 0 Å². The minimum absolute atomic E-state index is 0.340. The molecule has 0 unspecified atom stereocenters. The van der Waals surface area contributed by atoms with Gasteiger partial charge in [0.05, 0.1) is 10.2 Å². The molecule has 1 saturated heterocycles. The highest BCUT2D eigenvalue weighted by molar-refractivity contribution is 8.27. The Labute approximate surface area is 40.8 Å². The van der Waals surface area contributed by atoms with Gasteiger partial charge in [-0.15, -0.1) is 11.8 Å². The molecule has 0 aromatic heterocycles. The van der Waals surface area contributed by atoms with Gasteiger partial charge in [-0.25, -0.2) is 8.42 Å². The quantitative estimate of drug-likeness (QED) is 0.458. The smallest absolute Gasteiger partial charge is 0.168 e. The molecule has 6 heavy (non-hydrogen) atoms. The lowest BCUT2D eigenvalue weighted by Crippen LogP contribution is -2.16. The lowest BCUT2D eigenvalue weighted by molar-refractivity contribution is 0.603. The minimum Gasteiger partial charge on any atom is -0.227 e. The summed E-state index contributed by atoms with van der Waals surface area (Å²) in [7, 11) is -2.52. The molecule has 1 aliphatic heterocycles. The maximum atomic E-state index is 10.1. The molecule has 0 N–H and O–H groups in total. The van der Waals surface area contributed by atoms with Gasteiger partial charge in [0.1, 0.15) is 0 Å². The van der Waals surface area contributed by atoms with Crippen molar-refractivity contribution >= 4 is 21.6 Å². The van der Waals surface area contributed by atoms with Gasteiger partial charge in [0.25, 0.3) is 0 Å². The molecular weight excluding hydrogens is 120 g/mol. The van der Waals surface area contributed by atoms with E-state index in [1.165, 1.54) is 11.8 Å². The molecule has 1 rings (SSSR count). The zero-order valence-corrected chi connectivity index (χ0v) is 4.68. The average molecular weight is 124 g/mol. The van der Waals surface area contributed by atoms with Crippen LogP contribution in [0.5, 0.6) is 0 Å². The molecule has 0 saturated carbocycles. The average Bonchev–Trinajstić information content (AvgIpc) is 1.32. The number of thioether (sulfide) groups is 1. The second-order valence-corrected chi connectivity index (χ2v) is 4.96. The Morgan fingerprint density at radius 3 is 1.67 bits per heavy atom. The molecule has 0 aromatic carbocycles. The van der Waals surface area contributed by atoms with Crippen LogP contribution in [0.3, 0.4) is 0 Å². The molecule has 0 radical (unpaired) electrons. The van der Waals surface area contributed by atoms with Crippen LogP contribution < -0.4 is 0 Å². The van der Waals surface area contributed by atoms with E-state index in [-0.39, 0.29) is 0 Å². The van der Waals surface area contributed by atoms with E-state index in [0.29, 0.717) is 10.2 Å². The molecule has 36 valence electrons. The van der Waals surface area contributed by atoms with Crippen LogP contribution >= 0.6 is 11.8 Å². The molecule has 1 aliphatic rings. The fourth-order valence-corrected chi connectivity index (χ4v) is 1.97. The van der Waals surface area contributed by atoms with Gasteiger partial charge in [-0.05, 0) is 0 Å². The van der Waals surface area contributed by atoms with Crippen LogP contribution in [-0.4, -0.2) is 18.6 Å². The molecule has 0 amide bonds. The maximum Gasteiger partial charge on any atom is 0.168 e. The van der Waals surface area contributed by atoms with Gasteiger partial charge in [-0.2, -0.15) is 0 Å². The molecule has 0 spiro atoms. The van der Waals surface area contributed by atoms with E-state index in [0.717, 1.165) is 0 Å². The molecule has 0 aromatic rings. The summed E-state index contributed by atoms with van der Waals surface area (Å²) < 4.78 is 20.1. The number of hydrogen-bond acceptors (Lipinski definition) is 3. The van der Waals surface area contributed by atoms with E-state index in [2.05, 4.69) is 0 Å². The second kappa shape index (κ2) is 1.13. The first-order chi connectivity index (χ1) is 2.71. The van der Waals surface area contributed by atoms with E-state index in [9.17, 15) is 8.42 Å². The first-order valence-electron chi connectivity index (χ1n) is 1.49. The van der Waals surface area contributed by atoms with E-state index in [1.807, 2.05) is 0 Å². The molecule has 1 fully saturated rings. The third kappa shape index (κ3) is 0.680. The Balaban J connectivity index is 2.78. The first kappa shape index (κ1) is 4.46. The van der Waals surface area contributed by atoms with E-state index >= 15 is 0 Å². The maximum absolute atomic E-state index is 10.1. The van der Waals surface area contributed by atoms with Gasteiger partial charge in [0.2, 0.25) is 0 Å². The summed E-state index contributed by atoms with van der Waals surface area (Å²) >= 11 is 1.46. The zero-order valence-electron chi connectivity index (χ0n) is 3.05. The Hall–Kier alpha value is 0.300. The Bertz CT molecular complexity index is 124. The molecule has 0 bridgehead atoms. The Kier molecular flexibility index (Phi) is 0.842. The van der Waals surface area contributed by atoms with E-state index in [1.54, 1.807) is 0 Å². The van der Waals surface area contributed by atoms with Gasteiger partial charge >= 0.3 is 0 Å². The third-order valence-corrected chi connectivity index (χ3v) is 4.73. The van der Waals surface area contributed by atoms with Crippen LogP contribution in [0, 0.1) is 0 Å². The van der Waals surface area contributed by atoms with Crippen molar-refractivity contribution in [3.05, 3.63) is 0 Å². The molecular formula is C2H4O2S2. The summed E-state index contributed by atoms with van der Waals surface area (Å²) in [5, 5.41) is 0.681. The summed E-state index contributed by atoms with van der Waals surface area (Å²) in [6, 6.07) is 0. The predicted octanol–water partition coefficient (Wildman–Crippen LogP) is 0.0630. The van der Waals surface area contributed by atoms with Gasteiger partial charge in [0, 0.05) is 0 Å². The second-order valence-electron chi connectivity index (χ2n) is 1.18. The highest BCUT2D eigenvalue weighted by Gasteiger charge is 2.20. The summed E-state index contributed by atoms with van der Waals surface area (Å²) in [5.41, 5.74) is 0. The van der Waals surface area contributed by atoms with Gasteiger partial charge in [-0.3, -0.25) is 0 Å². The molecule has 2 nitrogen and oxygen atoms in total. The van der Waals surface area contributed by atoms with Crippen LogP contribution in [0.4, 0.5) is 0 Å². The number of rotatable bonds is 0. The molecule has 0 atom stereocenters. The van der Waals surface area contributed by atoms with Crippen molar-refractivity contribution in [1.29, 1.82) is 0 Å². The van der Waals surface area contributed by atoms with Crippen molar-refractivity contribution in [2.75, 3.05) is 10.2 Å². The van der Waals surface area contributed by atoms with Crippen molar-refractivity contribution < 1.29 is 8.42 Å². The summed E-state index contributed by atoms with van der Waals surface area (Å²) in [5.74, 6) is 0. The van der Waals surface area contributed by atoms with Crippen LogP contribution in [0.2, 0.25) is 0 Å². The summed E-state index contributed by atoms with van der Waals surface area (Å²) in [6.45, 7) is 0. The monoisotopic (exact) mass is 124 g/mol. The van der Waals surface area contributed by atoms with Crippen molar-refractivity contribution in [2.45, 2.75) is 0 Å². The van der Waals surface area contributed by atoms with Crippen LogP contribution in [0.15, 0.2) is 0 Å². The van der Waals surface area contributed by atoms with Crippen molar-refractivity contribution in [2.24, 2.45) is 0 Å². The molecule has 4 heteroatoms. The molecule has 1 heterocycles. The van der Waals surface area contributed by atoms with E-state index < -0.39 is 9.84 Å². The first-order valence-corrected chi connectivity index (χ1v) is 4.46. The third-order valence-electron chi connectivity index (χ3n) is 0.526. The lowest BCUT2D eigenvalue weighted by Gasteiger charge is -2.09. The van der Waals surface area contributed by atoms with Gasteiger partial charge in [0.15, 0.2) is 9.84 Å². The van der Waals surface area contributed by atoms with Crippen LogP contribution in [-0.2, 0) is 9.84 Å². The van der Waals surface area contributed by atoms with Crippen molar-refractivity contribution in [3.8, 4) is 0 Å². The Morgan fingerprint density at radius 1 is 1.33 bits per heavy atom. The fourth-order valence-electron chi connectivity index (χ4n) is 0.219. The van der Waals surface area contributed by atoms with Crippen LogP contribution in [0.1, 0.15) is 0 Å². The fraction of sp³-hybridized carbons (Fsp3) is 1.00. The largest absolute Gasteiger partial charge is 0.227 e. The minimum atomic E-state index is -2.52. The summed E-state index contributed by atoms with van der Waals surface area (Å²) in [4.78, 5) is 0. The van der Waals surface area contributed by atoms with Crippen molar-refractivity contribution in [1.82, 2.24) is 0 Å². The topological polar surface area (TPSA) is 34.1 Å². The SMILES string of the molecule is O=S1(=O)CSC1.